The van der Waals surface area contributed by atoms with E-state index < -0.39 is 0 Å². The number of rotatable bonds is 6. The van der Waals surface area contributed by atoms with Crippen LogP contribution in [0.1, 0.15) is 42.2 Å². The maximum Gasteiger partial charge on any atom is 0.270 e. The summed E-state index contributed by atoms with van der Waals surface area (Å²) in [6.07, 6.45) is 2.76. The van der Waals surface area contributed by atoms with Crippen LogP contribution in [0.3, 0.4) is 0 Å². The molecular formula is C23H30N4O. The number of aromatic nitrogens is 1. The van der Waals surface area contributed by atoms with Crippen molar-refractivity contribution in [2.24, 2.45) is 5.92 Å². The molecule has 28 heavy (non-hydrogen) atoms. The first-order valence-electron chi connectivity index (χ1n) is 10.4. The molecule has 148 valence electrons. The molecule has 1 saturated heterocycles. The van der Waals surface area contributed by atoms with E-state index in [4.69, 9.17) is 0 Å². The van der Waals surface area contributed by atoms with Gasteiger partial charge in [-0.05, 0) is 30.0 Å². The van der Waals surface area contributed by atoms with Crippen LogP contribution < -0.4 is 10.2 Å². The first-order valence-corrected chi connectivity index (χ1v) is 10.4. The Bertz CT molecular complexity index is 799. The van der Waals surface area contributed by atoms with Crippen molar-refractivity contribution < 1.29 is 4.79 Å². The summed E-state index contributed by atoms with van der Waals surface area (Å²) in [6.45, 7) is 9.82. The van der Waals surface area contributed by atoms with E-state index in [9.17, 15) is 4.79 Å². The van der Waals surface area contributed by atoms with Crippen LogP contribution in [0.25, 0.3) is 0 Å². The molecule has 1 amide bonds. The van der Waals surface area contributed by atoms with Crippen LogP contribution >= 0.6 is 0 Å². The van der Waals surface area contributed by atoms with Crippen molar-refractivity contribution in [3.8, 4) is 0 Å². The Balaban J connectivity index is 1.33. The molecule has 5 heteroatoms. The zero-order valence-electron chi connectivity index (χ0n) is 16.8. The van der Waals surface area contributed by atoms with Crippen LogP contribution in [-0.2, 0) is 0 Å². The van der Waals surface area contributed by atoms with E-state index in [0.717, 1.165) is 44.8 Å². The van der Waals surface area contributed by atoms with Crippen molar-refractivity contribution in [3.63, 3.8) is 0 Å². The molecule has 1 aliphatic carbocycles. The Labute approximate surface area is 167 Å². The predicted octanol–water partition coefficient (Wildman–Crippen LogP) is 3.15. The molecule has 1 aromatic heterocycles. The van der Waals surface area contributed by atoms with Gasteiger partial charge >= 0.3 is 0 Å². The summed E-state index contributed by atoms with van der Waals surface area (Å²) in [5, 5.41) is 3.15. The Morgan fingerprint density at radius 2 is 1.89 bits per heavy atom. The topological polar surface area (TPSA) is 48.5 Å². The summed E-state index contributed by atoms with van der Waals surface area (Å²) in [6, 6.07) is 14.6. The minimum Gasteiger partial charge on any atom is -0.369 e. The van der Waals surface area contributed by atoms with Gasteiger partial charge in [-0.3, -0.25) is 14.7 Å². The van der Waals surface area contributed by atoms with E-state index >= 15 is 0 Å². The molecule has 2 aromatic rings. The summed E-state index contributed by atoms with van der Waals surface area (Å²) in [5.74, 6) is 1.07. The third kappa shape index (κ3) is 4.53. The lowest BCUT2D eigenvalue weighted by Gasteiger charge is -2.36. The van der Waals surface area contributed by atoms with Crippen LogP contribution in [-0.4, -0.2) is 54.6 Å². The highest BCUT2D eigenvalue weighted by Gasteiger charge is 2.39. The molecule has 0 spiro atoms. The number of pyridine rings is 1. The largest absolute Gasteiger partial charge is 0.369 e. The van der Waals surface area contributed by atoms with Crippen molar-refractivity contribution in [2.75, 3.05) is 37.6 Å². The van der Waals surface area contributed by atoms with E-state index in [-0.39, 0.29) is 11.9 Å². The van der Waals surface area contributed by atoms with Crippen molar-refractivity contribution in [3.05, 3.63) is 59.9 Å². The second-order valence-corrected chi connectivity index (χ2v) is 8.41. The zero-order chi connectivity index (χ0) is 19.5. The molecule has 5 nitrogen and oxygen atoms in total. The van der Waals surface area contributed by atoms with Gasteiger partial charge in [0.1, 0.15) is 5.69 Å². The molecule has 1 N–H and O–H groups in total. The van der Waals surface area contributed by atoms with Gasteiger partial charge in [0.15, 0.2) is 0 Å². The summed E-state index contributed by atoms with van der Waals surface area (Å²) in [4.78, 5) is 21.9. The lowest BCUT2D eigenvalue weighted by Crippen LogP contribution is -2.47. The van der Waals surface area contributed by atoms with Gasteiger partial charge in [-0.15, -0.1) is 0 Å². The molecule has 0 unspecified atom stereocenters. The number of nitrogens with zero attached hydrogens (tertiary/aromatic N) is 3. The van der Waals surface area contributed by atoms with E-state index in [0.29, 0.717) is 17.5 Å². The zero-order valence-corrected chi connectivity index (χ0v) is 16.8. The molecule has 1 saturated carbocycles. The lowest BCUT2D eigenvalue weighted by molar-refractivity contribution is 0.0945. The predicted molar refractivity (Wildman–Crippen MR) is 113 cm³/mol. The third-order valence-corrected chi connectivity index (χ3v) is 5.67. The monoisotopic (exact) mass is 378 g/mol. The molecule has 4 rings (SSSR count). The third-order valence-electron chi connectivity index (χ3n) is 5.67. The Morgan fingerprint density at radius 1 is 1.14 bits per heavy atom. The van der Waals surface area contributed by atoms with Gasteiger partial charge in [0, 0.05) is 56.6 Å². The second kappa shape index (κ2) is 8.31. The molecule has 0 bridgehead atoms. The number of benzene rings is 1. The normalized spacial score (nSPS) is 22.3. The number of piperazine rings is 1. The van der Waals surface area contributed by atoms with E-state index in [2.05, 4.69) is 58.2 Å². The number of amides is 1. The second-order valence-electron chi connectivity index (χ2n) is 8.41. The summed E-state index contributed by atoms with van der Waals surface area (Å²) in [7, 11) is 0. The first-order chi connectivity index (χ1) is 13.6. The highest BCUT2D eigenvalue weighted by Crippen LogP contribution is 2.40. The maximum atomic E-state index is 12.7. The van der Waals surface area contributed by atoms with Crippen LogP contribution in [0, 0.1) is 5.92 Å². The lowest BCUT2D eigenvalue weighted by atomic mass is 10.1. The SMILES string of the molecule is CC(C)CN1CCN(c2ccnc(C(=O)N[C@@H]3C[C@H]3c3ccccc3)c2)CC1. The van der Waals surface area contributed by atoms with E-state index in [1.54, 1.807) is 6.20 Å². The van der Waals surface area contributed by atoms with Gasteiger partial charge in [0.2, 0.25) is 0 Å². The minimum atomic E-state index is -0.0660. The molecule has 0 radical (unpaired) electrons. The standard InChI is InChI=1S/C23H30N4O/c1-17(2)16-26-10-12-27(13-11-26)19-8-9-24-22(14-19)23(28)25-21-15-20(21)18-6-4-3-5-7-18/h3-9,14,17,20-21H,10-13,15-16H2,1-2H3,(H,25,28)/t20-,21+/m0/s1. The van der Waals surface area contributed by atoms with Gasteiger partial charge in [-0.2, -0.15) is 0 Å². The van der Waals surface area contributed by atoms with Crippen molar-refractivity contribution in [2.45, 2.75) is 32.2 Å². The molecule has 2 heterocycles. The molecule has 2 atom stereocenters. The number of carbonyl (C=O) groups excluding carboxylic acids is 1. The van der Waals surface area contributed by atoms with Crippen molar-refractivity contribution >= 4 is 11.6 Å². The fraction of sp³-hybridized carbons (Fsp3) is 0.478. The van der Waals surface area contributed by atoms with Crippen molar-refractivity contribution in [1.82, 2.24) is 15.2 Å². The highest BCUT2D eigenvalue weighted by molar-refractivity contribution is 5.93. The van der Waals surface area contributed by atoms with Gasteiger partial charge in [0.25, 0.3) is 5.91 Å². The van der Waals surface area contributed by atoms with Crippen LogP contribution in [0.2, 0.25) is 0 Å². The Kier molecular flexibility index (Phi) is 5.62. The molecule has 1 aromatic carbocycles. The van der Waals surface area contributed by atoms with E-state index in [1.807, 2.05) is 18.2 Å². The van der Waals surface area contributed by atoms with Crippen molar-refractivity contribution in [1.29, 1.82) is 0 Å². The van der Waals surface area contributed by atoms with Gasteiger partial charge < -0.3 is 10.2 Å². The number of anilines is 1. The molecular weight excluding hydrogens is 348 g/mol. The highest BCUT2D eigenvalue weighted by atomic mass is 16.2. The first kappa shape index (κ1) is 18.9. The fourth-order valence-corrected chi connectivity index (χ4v) is 4.11. The molecule has 1 aliphatic heterocycles. The van der Waals surface area contributed by atoms with Gasteiger partial charge in [-0.1, -0.05) is 44.2 Å². The Morgan fingerprint density at radius 3 is 2.61 bits per heavy atom. The quantitative estimate of drug-likeness (QED) is 0.839. The van der Waals surface area contributed by atoms with E-state index in [1.165, 1.54) is 5.56 Å². The van der Waals surface area contributed by atoms with Gasteiger partial charge in [-0.25, -0.2) is 0 Å². The fourth-order valence-electron chi connectivity index (χ4n) is 4.11. The summed E-state index contributed by atoms with van der Waals surface area (Å²) >= 11 is 0. The summed E-state index contributed by atoms with van der Waals surface area (Å²) < 4.78 is 0. The number of hydrogen-bond donors (Lipinski definition) is 1. The summed E-state index contributed by atoms with van der Waals surface area (Å²) in [5.41, 5.74) is 2.91. The molecule has 2 fully saturated rings. The number of nitrogens with one attached hydrogen (secondary N) is 1. The average Bonchev–Trinajstić information content (AvgIpc) is 3.48. The molecule has 2 aliphatic rings. The maximum absolute atomic E-state index is 12.7. The Hall–Kier alpha value is -2.40. The number of hydrogen-bond acceptors (Lipinski definition) is 4. The average molecular weight is 379 g/mol. The van der Waals surface area contributed by atoms with Gasteiger partial charge in [0.05, 0.1) is 0 Å². The smallest absolute Gasteiger partial charge is 0.270 e. The minimum absolute atomic E-state index is 0.0660. The van der Waals surface area contributed by atoms with Crippen LogP contribution in [0.4, 0.5) is 5.69 Å². The van der Waals surface area contributed by atoms with Crippen LogP contribution in [0.15, 0.2) is 48.7 Å². The number of carbonyl (C=O) groups is 1. The van der Waals surface area contributed by atoms with Crippen LogP contribution in [0.5, 0.6) is 0 Å².